The van der Waals surface area contributed by atoms with Crippen molar-refractivity contribution in [2.45, 2.75) is 10.6 Å². The van der Waals surface area contributed by atoms with E-state index in [1.807, 2.05) is 54.7 Å². The van der Waals surface area contributed by atoms with Gasteiger partial charge in [-0.05, 0) is 54.1 Å². The van der Waals surface area contributed by atoms with Gasteiger partial charge in [0, 0.05) is 47.4 Å². The van der Waals surface area contributed by atoms with Crippen LogP contribution in [0.15, 0.2) is 71.9 Å². The zero-order valence-corrected chi connectivity index (χ0v) is 19.0. The molecule has 8 heteroatoms. The topological polar surface area (TPSA) is 67.4 Å². The van der Waals surface area contributed by atoms with Crippen molar-refractivity contribution in [3.8, 4) is 0 Å². The Balaban J connectivity index is 1.23. The van der Waals surface area contributed by atoms with E-state index in [0.717, 1.165) is 58.0 Å². The van der Waals surface area contributed by atoms with E-state index in [4.69, 9.17) is 9.72 Å². The molecule has 0 spiro atoms. The van der Waals surface area contributed by atoms with Gasteiger partial charge in [-0.2, -0.15) is 0 Å². The molecule has 2 aromatic carbocycles. The highest BCUT2D eigenvalue weighted by molar-refractivity contribution is 7.98. The van der Waals surface area contributed by atoms with Crippen molar-refractivity contribution < 1.29 is 9.53 Å². The fourth-order valence-corrected chi connectivity index (χ4v) is 5.33. The van der Waals surface area contributed by atoms with E-state index in [1.54, 1.807) is 29.3 Å². The first kappa shape index (κ1) is 20.9. The number of hydrogen-bond donors (Lipinski definition) is 1. The van der Waals surface area contributed by atoms with Crippen molar-refractivity contribution in [2.75, 3.05) is 36.5 Å². The summed E-state index contributed by atoms with van der Waals surface area (Å²) >= 11 is 3.37. The summed E-state index contributed by atoms with van der Waals surface area (Å²) in [4.78, 5) is 25.0. The van der Waals surface area contributed by atoms with Crippen LogP contribution < -0.4 is 10.2 Å². The van der Waals surface area contributed by atoms with Gasteiger partial charge in [0.05, 0.1) is 23.4 Å². The number of hydrogen-bond acceptors (Lipinski definition) is 7. The van der Waals surface area contributed by atoms with E-state index in [-0.39, 0.29) is 5.91 Å². The van der Waals surface area contributed by atoms with E-state index in [2.05, 4.69) is 21.3 Å². The first-order valence-electron chi connectivity index (χ1n) is 10.4. The third kappa shape index (κ3) is 4.93. The fraction of sp³-hybridized carbons (Fsp3) is 0.208. The van der Waals surface area contributed by atoms with Crippen molar-refractivity contribution in [2.24, 2.45) is 0 Å². The number of benzene rings is 2. The SMILES string of the molecule is O=C(Nc1ccc2nc(N3CCOCC3)sc2c1)c1ccc(SCc2cccnc2)cc1. The van der Waals surface area contributed by atoms with E-state index >= 15 is 0 Å². The van der Waals surface area contributed by atoms with Crippen molar-refractivity contribution in [1.29, 1.82) is 0 Å². The largest absolute Gasteiger partial charge is 0.378 e. The molecule has 0 unspecified atom stereocenters. The molecule has 2 aromatic heterocycles. The average molecular weight is 463 g/mol. The number of ether oxygens (including phenoxy) is 1. The van der Waals surface area contributed by atoms with Gasteiger partial charge in [0.15, 0.2) is 5.13 Å². The minimum atomic E-state index is -0.119. The molecule has 1 N–H and O–H groups in total. The third-order valence-corrected chi connectivity index (χ3v) is 7.32. The van der Waals surface area contributed by atoms with Crippen LogP contribution in [0.25, 0.3) is 10.2 Å². The maximum atomic E-state index is 12.7. The summed E-state index contributed by atoms with van der Waals surface area (Å²) in [6.45, 7) is 3.19. The number of nitrogens with one attached hydrogen (secondary N) is 1. The van der Waals surface area contributed by atoms with Crippen LogP contribution in [-0.2, 0) is 10.5 Å². The molecule has 5 rings (SSSR count). The van der Waals surface area contributed by atoms with E-state index < -0.39 is 0 Å². The molecular formula is C24H22N4O2S2. The molecule has 0 bridgehead atoms. The Morgan fingerprint density at radius 2 is 1.97 bits per heavy atom. The number of nitrogens with zero attached hydrogens (tertiary/aromatic N) is 3. The minimum Gasteiger partial charge on any atom is -0.378 e. The molecule has 3 heterocycles. The first-order chi connectivity index (χ1) is 15.7. The van der Waals surface area contributed by atoms with E-state index in [1.165, 1.54) is 5.56 Å². The number of pyridine rings is 1. The van der Waals surface area contributed by atoms with Crippen molar-refractivity contribution >= 4 is 50.0 Å². The number of amides is 1. The zero-order chi connectivity index (χ0) is 21.8. The number of anilines is 2. The Hall–Kier alpha value is -2.94. The molecule has 0 saturated carbocycles. The molecule has 1 amide bonds. The molecule has 1 aliphatic rings. The van der Waals surface area contributed by atoms with Gasteiger partial charge in [-0.25, -0.2) is 4.98 Å². The second-order valence-electron chi connectivity index (χ2n) is 7.41. The van der Waals surface area contributed by atoms with Crippen molar-refractivity contribution in [3.63, 3.8) is 0 Å². The standard InChI is InChI=1S/C24H22N4O2S2/c29-23(18-3-6-20(7-4-18)31-16-17-2-1-9-25-15-17)26-19-5-8-21-22(14-19)32-24(27-21)28-10-12-30-13-11-28/h1-9,14-15H,10-13,16H2,(H,26,29). The van der Waals surface area contributed by atoms with Gasteiger partial charge in [-0.1, -0.05) is 17.4 Å². The monoisotopic (exact) mass is 462 g/mol. The van der Waals surface area contributed by atoms with Gasteiger partial charge < -0.3 is 15.0 Å². The number of rotatable bonds is 6. The number of morpholine rings is 1. The number of thioether (sulfide) groups is 1. The number of aromatic nitrogens is 2. The van der Waals surface area contributed by atoms with Crippen LogP contribution in [0.3, 0.4) is 0 Å². The summed E-state index contributed by atoms with van der Waals surface area (Å²) in [6, 6.07) is 17.6. The third-order valence-electron chi connectivity index (χ3n) is 5.16. The minimum absolute atomic E-state index is 0.119. The van der Waals surface area contributed by atoms with Crippen molar-refractivity contribution in [1.82, 2.24) is 9.97 Å². The highest BCUT2D eigenvalue weighted by atomic mass is 32.2. The van der Waals surface area contributed by atoms with Gasteiger partial charge in [-0.15, -0.1) is 11.8 Å². The van der Waals surface area contributed by atoms with Gasteiger partial charge in [0.2, 0.25) is 0 Å². The normalized spacial score (nSPS) is 13.9. The summed E-state index contributed by atoms with van der Waals surface area (Å²) in [5.41, 5.74) is 3.53. The number of carbonyl (C=O) groups excluding carboxylic acids is 1. The van der Waals surface area contributed by atoms with Crippen LogP contribution in [0.4, 0.5) is 10.8 Å². The summed E-state index contributed by atoms with van der Waals surface area (Å²) in [5, 5.41) is 4.01. The van der Waals surface area contributed by atoms with E-state index in [0.29, 0.717) is 5.56 Å². The van der Waals surface area contributed by atoms with Crippen LogP contribution in [-0.4, -0.2) is 42.2 Å². The lowest BCUT2D eigenvalue weighted by Gasteiger charge is -2.25. The van der Waals surface area contributed by atoms with Gasteiger partial charge in [0.1, 0.15) is 0 Å². The summed E-state index contributed by atoms with van der Waals surface area (Å²) < 4.78 is 6.49. The second-order valence-corrected chi connectivity index (χ2v) is 9.46. The van der Waals surface area contributed by atoms with Gasteiger partial charge >= 0.3 is 0 Å². The highest BCUT2D eigenvalue weighted by Gasteiger charge is 2.16. The molecule has 0 aliphatic carbocycles. The smallest absolute Gasteiger partial charge is 0.255 e. The molecule has 4 aromatic rings. The molecule has 0 atom stereocenters. The second kappa shape index (κ2) is 9.68. The lowest BCUT2D eigenvalue weighted by molar-refractivity contribution is 0.102. The van der Waals surface area contributed by atoms with Crippen LogP contribution >= 0.6 is 23.1 Å². The fourth-order valence-electron chi connectivity index (χ4n) is 3.44. The summed E-state index contributed by atoms with van der Waals surface area (Å²) in [5.74, 6) is 0.729. The van der Waals surface area contributed by atoms with Gasteiger partial charge in [-0.3, -0.25) is 9.78 Å². The van der Waals surface area contributed by atoms with Crippen LogP contribution in [0.1, 0.15) is 15.9 Å². The lowest BCUT2D eigenvalue weighted by Crippen LogP contribution is -2.36. The Bertz CT molecular complexity index is 1210. The number of fused-ring (bicyclic) bond motifs is 1. The Morgan fingerprint density at radius 1 is 1.12 bits per heavy atom. The number of carbonyl (C=O) groups is 1. The molecule has 1 saturated heterocycles. The predicted octanol–water partition coefficient (Wildman–Crippen LogP) is 5.07. The molecule has 32 heavy (non-hydrogen) atoms. The molecule has 1 fully saturated rings. The van der Waals surface area contributed by atoms with Crippen LogP contribution in [0.2, 0.25) is 0 Å². The van der Waals surface area contributed by atoms with Crippen molar-refractivity contribution in [3.05, 3.63) is 78.1 Å². The zero-order valence-electron chi connectivity index (χ0n) is 17.4. The first-order valence-corrected chi connectivity index (χ1v) is 12.2. The average Bonchev–Trinajstić information content (AvgIpc) is 3.28. The number of thiazole rings is 1. The molecule has 162 valence electrons. The Kier molecular flexibility index (Phi) is 6.34. The Morgan fingerprint density at radius 3 is 2.75 bits per heavy atom. The lowest BCUT2D eigenvalue weighted by atomic mass is 10.2. The van der Waals surface area contributed by atoms with E-state index in [9.17, 15) is 4.79 Å². The molecule has 0 radical (unpaired) electrons. The predicted molar refractivity (Wildman–Crippen MR) is 131 cm³/mol. The maximum absolute atomic E-state index is 12.7. The summed E-state index contributed by atoms with van der Waals surface area (Å²) in [6.07, 6.45) is 3.65. The highest BCUT2D eigenvalue weighted by Crippen LogP contribution is 2.31. The van der Waals surface area contributed by atoms with Crippen LogP contribution in [0.5, 0.6) is 0 Å². The molecular weight excluding hydrogens is 440 g/mol. The Labute approximate surface area is 194 Å². The van der Waals surface area contributed by atoms with Gasteiger partial charge in [0.25, 0.3) is 5.91 Å². The molecule has 1 aliphatic heterocycles. The maximum Gasteiger partial charge on any atom is 0.255 e. The molecule has 6 nitrogen and oxygen atoms in total. The summed E-state index contributed by atoms with van der Waals surface area (Å²) in [7, 11) is 0. The quantitative estimate of drug-likeness (QED) is 0.404. The van der Waals surface area contributed by atoms with Crippen LogP contribution in [0, 0.1) is 0 Å².